The molecule has 1 amide bonds. The van der Waals surface area contributed by atoms with E-state index in [9.17, 15) is 9.90 Å². The van der Waals surface area contributed by atoms with Crippen LogP contribution in [0.3, 0.4) is 0 Å². The third kappa shape index (κ3) is 4.84. The predicted octanol–water partition coefficient (Wildman–Crippen LogP) is 5.47. The number of hydrogen-bond donors (Lipinski definition) is 1. The van der Waals surface area contributed by atoms with Crippen LogP contribution in [0.25, 0.3) is 11.1 Å². The molecule has 188 valence electrons. The number of rotatable bonds is 8. The van der Waals surface area contributed by atoms with Crippen molar-refractivity contribution in [2.45, 2.75) is 82.3 Å². The van der Waals surface area contributed by atoms with Crippen LogP contribution in [0, 0.1) is 0 Å². The lowest BCUT2D eigenvalue weighted by Gasteiger charge is -2.51. The van der Waals surface area contributed by atoms with E-state index in [0.29, 0.717) is 39.1 Å². The van der Waals surface area contributed by atoms with Gasteiger partial charge in [0.05, 0.1) is 5.60 Å². The summed E-state index contributed by atoms with van der Waals surface area (Å²) in [6.45, 7) is 5.28. The second-order valence-electron chi connectivity index (χ2n) is 10.1. The lowest BCUT2D eigenvalue weighted by molar-refractivity contribution is -0.185. The van der Waals surface area contributed by atoms with Gasteiger partial charge in [-0.25, -0.2) is 4.79 Å². The first kappa shape index (κ1) is 24.3. The van der Waals surface area contributed by atoms with E-state index >= 15 is 0 Å². The molecule has 0 spiro atoms. The Hall–Kier alpha value is -2.41. The van der Waals surface area contributed by atoms with Gasteiger partial charge in [-0.1, -0.05) is 48.5 Å². The lowest BCUT2D eigenvalue weighted by Crippen LogP contribution is -2.60. The maximum Gasteiger partial charge on any atom is 0.410 e. The van der Waals surface area contributed by atoms with Gasteiger partial charge in [-0.2, -0.15) is 0 Å². The van der Waals surface area contributed by atoms with Crippen molar-refractivity contribution >= 4 is 6.09 Å². The fraction of sp³-hybridized carbons (Fsp3) is 0.552. The molecule has 2 atom stereocenters. The number of carbonyl (C=O) groups excluding carboxylic acids is 1. The Morgan fingerprint density at radius 3 is 2.06 bits per heavy atom. The Morgan fingerprint density at radius 2 is 1.51 bits per heavy atom. The number of amides is 1. The summed E-state index contributed by atoms with van der Waals surface area (Å²) in [7, 11) is 0. The Labute approximate surface area is 208 Å². The average Bonchev–Trinajstić information content (AvgIpc) is 3.16. The molecule has 1 aliphatic carbocycles. The van der Waals surface area contributed by atoms with Crippen LogP contribution in [0.4, 0.5) is 4.79 Å². The van der Waals surface area contributed by atoms with Gasteiger partial charge < -0.3 is 24.2 Å². The third-order valence-electron chi connectivity index (χ3n) is 7.89. The van der Waals surface area contributed by atoms with Crippen molar-refractivity contribution in [1.82, 2.24) is 4.90 Å². The van der Waals surface area contributed by atoms with Gasteiger partial charge in [0.15, 0.2) is 6.29 Å². The molecular weight excluding hydrogens is 442 g/mol. The van der Waals surface area contributed by atoms with E-state index in [1.54, 1.807) is 0 Å². The minimum Gasteiger partial charge on any atom is -0.448 e. The average molecular weight is 480 g/mol. The Bertz CT molecular complexity index is 974. The fourth-order valence-corrected chi connectivity index (χ4v) is 6.51. The smallest absolute Gasteiger partial charge is 0.410 e. The van der Waals surface area contributed by atoms with Crippen LogP contribution in [0.1, 0.15) is 69.4 Å². The number of ether oxygens (including phenoxy) is 3. The zero-order valence-electron chi connectivity index (χ0n) is 20.8. The van der Waals surface area contributed by atoms with E-state index in [1.165, 1.54) is 22.3 Å². The van der Waals surface area contributed by atoms with E-state index in [2.05, 4.69) is 36.4 Å². The molecule has 2 fully saturated rings. The normalized spacial score (nSPS) is 25.4. The molecule has 2 aliphatic heterocycles. The van der Waals surface area contributed by atoms with Crippen molar-refractivity contribution in [1.29, 1.82) is 0 Å². The Kier molecular flexibility index (Phi) is 7.14. The van der Waals surface area contributed by atoms with Gasteiger partial charge in [-0.05, 0) is 68.2 Å². The van der Waals surface area contributed by atoms with Crippen molar-refractivity contribution in [3.05, 3.63) is 59.7 Å². The predicted molar refractivity (Wildman–Crippen MR) is 134 cm³/mol. The second kappa shape index (κ2) is 10.3. The fourth-order valence-electron chi connectivity index (χ4n) is 6.51. The van der Waals surface area contributed by atoms with Crippen LogP contribution >= 0.6 is 0 Å². The zero-order chi connectivity index (χ0) is 24.4. The summed E-state index contributed by atoms with van der Waals surface area (Å²) >= 11 is 0. The number of hydrogen-bond acceptors (Lipinski definition) is 5. The Balaban J connectivity index is 1.27. The van der Waals surface area contributed by atoms with E-state index < -0.39 is 11.9 Å². The van der Waals surface area contributed by atoms with Gasteiger partial charge >= 0.3 is 6.09 Å². The highest BCUT2D eigenvalue weighted by Gasteiger charge is 2.49. The molecule has 2 aromatic rings. The second-order valence-corrected chi connectivity index (χ2v) is 10.1. The Morgan fingerprint density at radius 1 is 0.971 bits per heavy atom. The highest BCUT2D eigenvalue weighted by Crippen LogP contribution is 2.45. The summed E-state index contributed by atoms with van der Waals surface area (Å²) in [5.41, 5.74) is 3.98. The highest BCUT2D eigenvalue weighted by molar-refractivity contribution is 5.79. The molecule has 0 saturated carbocycles. The van der Waals surface area contributed by atoms with Crippen LogP contribution in [-0.4, -0.2) is 59.9 Å². The van der Waals surface area contributed by atoms with E-state index in [1.807, 2.05) is 30.9 Å². The quantitative estimate of drug-likeness (QED) is 0.509. The molecular formula is C29H37NO5. The molecule has 5 rings (SSSR count). The number of piperidine rings is 2. The zero-order valence-corrected chi connectivity index (χ0v) is 20.8. The molecule has 2 unspecified atom stereocenters. The van der Waals surface area contributed by atoms with Crippen molar-refractivity contribution in [3.8, 4) is 11.1 Å². The molecule has 35 heavy (non-hydrogen) atoms. The molecule has 0 radical (unpaired) electrons. The van der Waals surface area contributed by atoms with Crippen LogP contribution in [0.15, 0.2) is 48.5 Å². The minimum absolute atomic E-state index is 0.0212. The number of carbonyl (C=O) groups is 1. The van der Waals surface area contributed by atoms with Gasteiger partial charge in [-0.15, -0.1) is 0 Å². The van der Waals surface area contributed by atoms with Crippen LogP contribution in [-0.2, 0) is 14.2 Å². The topological polar surface area (TPSA) is 68.2 Å². The maximum atomic E-state index is 13.4. The number of fused-ring (bicyclic) bond motifs is 5. The van der Waals surface area contributed by atoms with Crippen molar-refractivity contribution < 1.29 is 24.1 Å². The van der Waals surface area contributed by atoms with Gasteiger partial charge in [0.25, 0.3) is 0 Å². The van der Waals surface area contributed by atoms with Gasteiger partial charge in [0, 0.05) is 37.6 Å². The summed E-state index contributed by atoms with van der Waals surface area (Å²) in [5.74, 6) is 0.0473. The highest BCUT2D eigenvalue weighted by atomic mass is 16.7. The summed E-state index contributed by atoms with van der Waals surface area (Å²) in [4.78, 5) is 15.3. The summed E-state index contributed by atoms with van der Waals surface area (Å²) < 4.78 is 17.4. The lowest BCUT2D eigenvalue weighted by atomic mass is 9.74. The van der Waals surface area contributed by atoms with E-state index in [4.69, 9.17) is 14.2 Å². The SMILES string of the molecule is CCOC(CC1(O)CC2CCCC(C1)N2C(=O)OCC1c2ccccc2-c2ccccc21)OCC. The summed E-state index contributed by atoms with van der Waals surface area (Å²) in [6, 6.07) is 16.7. The monoisotopic (exact) mass is 479 g/mol. The molecule has 2 bridgehead atoms. The first-order valence-corrected chi connectivity index (χ1v) is 13.1. The standard InChI is InChI=1S/C29H37NO5/c1-3-33-27(34-4-2)18-29(32)16-20-10-9-11-21(17-29)30(20)28(31)35-19-26-24-14-7-5-12-22(24)23-13-6-8-15-25(23)26/h5-8,12-15,20-21,26-27,32H,3-4,9-11,16-19H2,1-2H3. The molecule has 0 aromatic heterocycles. The van der Waals surface area contributed by atoms with Crippen LogP contribution < -0.4 is 0 Å². The minimum atomic E-state index is -0.898. The summed E-state index contributed by atoms with van der Waals surface area (Å²) in [6.07, 6.45) is 3.66. The number of benzene rings is 2. The van der Waals surface area contributed by atoms with E-state index in [0.717, 1.165) is 19.3 Å². The van der Waals surface area contributed by atoms with Crippen molar-refractivity contribution in [2.24, 2.45) is 0 Å². The summed E-state index contributed by atoms with van der Waals surface area (Å²) in [5, 5.41) is 11.5. The number of aliphatic hydroxyl groups is 1. The largest absolute Gasteiger partial charge is 0.448 e. The van der Waals surface area contributed by atoms with Crippen LogP contribution in [0.5, 0.6) is 0 Å². The molecule has 6 heteroatoms. The number of nitrogens with zero attached hydrogens (tertiary/aromatic N) is 1. The molecule has 6 nitrogen and oxygen atoms in total. The van der Waals surface area contributed by atoms with Crippen LogP contribution in [0.2, 0.25) is 0 Å². The third-order valence-corrected chi connectivity index (χ3v) is 7.89. The van der Waals surface area contributed by atoms with Gasteiger partial charge in [0.2, 0.25) is 0 Å². The first-order valence-electron chi connectivity index (χ1n) is 13.1. The van der Waals surface area contributed by atoms with Gasteiger partial charge in [-0.3, -0.25) is 0 Å². The molecule has 3 aliphatic rings. The van der Waals surface area contributed by atoms with Crippen molar-refractivity contribution in [3.63, 3.8) is 0 Å². The molecule has 2 heterocycles. The molecule has 2 aromatic carbocycles. The van der Waals surface area contributed by atoms with Crippen molar-refractivity contribution in [2.75, 3.05) is 19.8 Å². The van der Waals surface area contributed by atoms with Gasteiger partial charge in [0.1, 0.15) is 6.61 Å². The maximum absolute atomic E-state index is 13.4. The molecule has 1 N–H and O–H groups in total. The first-order chi connectivity index (χ1) is 17.0. The molecule has 2 saturated heterocycles. The van der Waals surface area contributed by atoms with E-state index in [-0.39, 0.29) is 24.1 Å².